The molecule has 0 spiro atoms. The van der Waals surface area contributed by atoms with E-state index in [4.69, 9.17) is 13.0 Å². The lowest BCUT2D eigenvalue weighted by atomic mass is 10.0. The van der Waals surface area contributed by atoms with Gasteiger partial charge in [-0.05, 0) is 0 Å². The van der Waals surface area contributed by atoms with Crippen molar-refractivity contribution < 1.29 is 26.1 Å². The number of hydrogen-bond acceptors (Lipinski definition) is 2. The normalized spacial score (nSPS) is 11.9. The van der Waals surface area contributed by atoms with Gasteiger partial charge in [0.15, 0.2) is 0 Å². The molecule has 0 aliphatic carbocycles. The Balaban J connectivity index is 0. The minimum Gasteiger partial charge on any atom is -0.279 e. The smallest absolute Gasteiger partial charge is 0.279 e. The van der Waals surface area contributed by atoms with Crippen LogP contribution >= 0.6 is 0 Å². The molecule has 0 heterocycles. The summed E-state index contributed by atoms with van der Waals surface area (Å²) in [4.78, 5) is 0. The lowest BCUT2D eigenvalue weighted by Gasteiger charge is -2.04. The van der Waals surface area contributed by atoms with E-state index < -0.39 is 15.6 Å². The van der Waals surface area contributed by atoms with Gasteiger partial charge in [0.1, 0.15) is 0 Å². The predicted octanol–water partition coefficient (Wildman–Crippen LogP) is 10.0. The van der Waals surface area contributed by atoms with E-state index in [0.29, 0.717) is 0 Å². The first-order valence-corrected chi connectivity index (χ1v) is 14.6. The molecule has 0 aliphatic rings. The molecule has 0 aliphatic heterocycles. The number of rotatable bonds is 21. The SMILES string of the molecule is CCCCCCCCCCCCCCCCCCCCCCCC.O=S(=O)(O)C(F)(F)F. The van der Waals surface area contributed by atoms with Crippen LogP contribution in [-0.2, 0) is 10.1 Å². The molecule has 0 amide bonds. The molecule has 32 heavy (non-hydrogen) atoms. The Morgan fingerprint density at radius 2 is 0.594 bits per heavy atom. The Labute approximate surface area is 197 Å². The van der Waals surface area contributed by atoms with Gasteiger partial charge in [-0.15, -0.1) is 0 Å². The van der Waals surface area contributed by atoms with E-state index in [1.807, 2.05) is 0 Å². The summed E-state index contributed by atoms with van der Waals surface area (Å²) >= 11 is 0. The average molecular weight is 489 g/mol. The summed E-state index contributed by atoms with van der Waals surface area (Å²) in [7, 11) is -5.84. The Morgan fingerprint density at radius 1 is 0.469 bits per heavy atom. The van der Waals surface area contributed by atoms with Crippen molar-refractivity contribution in [3.8, 4) is 0 Å². The molecule has 1 N–H and O–H groups in total. The van der Waals surface area contributed by atoms with E-state index in [2.05, 4.69) is 13.8 Å². The first-order valence-electron chi connectivity index (χ1n) is 13.2. The zero-order valence-corrected chi connectivity index (χ0v) is 21.7. The maximum Gasteiger partial charge on any atom is 0.522 e. The van der Waals surface area contributed by atoms with Gasteiger partial charge in [-0.2, -0.15) is 21.6 Å². The van der Waals surface area contributed by atoms with Crippen LogP contribution in [0.25, 0.3) is 0 Å². The molecular weight excluding hydrogens is 437 g/mol. The fourth-order valence-corrected chi connectivity index (χ4v) is 3.68. The molecule has 7 heteroatoms. The van der Waals surface area contributed by atoms with Gasteiger partial charge in [0.05, 0.1) is 0 Å². The molecule has 0 rings (SSSR count). The standard InChI is InChI=1S/C24H50.CHF3O3S/c1-3-5-7-9-11-13-15-17-19-21-23-24-22-20-18-16-14-12-10-8-6-4-2;2-1(3,4)8(5,6)7/h3-24H2,1-2H3;(H,5,6,7). The minimum absolute atomic E-state index is 1.37. The number of alkyl halides is 3. The monoisotopic (exact) mass is 488 g/mol. The zero-order chi connectivity index (χ0) is 24.6. The third-order valence-corrected chi connectivity index (χ3v) is 6.33. The fourth-order valence-electron chi connectivity index (χ4n) is 3.68. The van der Waals surface area contributed by atoms with E-state index in [9.17, 15) is 13.2 Å². The molecule has 0 aromatic heterocycles. The second kappa shape index (κ2) is 23.8. The van der Waals surface area contributed by atoms with Crippen molar-refractivity contribution in [2.24, 2.45) is 0 Å². The molecule has 0 unspecified atom stereocenters. The second-order valence-corrected chi connectivity index (χ2v) is 10.4. The Bertz CT molecular complexity index is 444. The maximum absolute atomic E-state index is 10.7. The molecule has 0 saturated carbocycles. The van der Waals surface area contributed by atoms with Crippen LogP contribution in [0.15, 0.2) is 0 Å². The third-order valence-electron chi connectivity index (χ3n) is 5.75. The maximum atomic E-state index is 10.7. The Kier molecular flexibility index (Phi) is 25.2. The third kappa shape index (κ3) is 27.7. The highest BCUT2D eigenvalue weighted by Crippen LogP contribution is 2.20. The summed E-state index contributed by atoms with van der Waals surface area (Å²) < 4.78 is 57.5. The van der Waals surface area contributed by atoms with Gasteiger partial charge in [-0.1, -0.05) is 155 Å². The Morgan fingerprint density at radius 3 is 0.688 bits per heavy atom. The number of unbranched alkanes of at least 4 members (excludes halogenated alkanes) is 21. The van der Waals surface area contributed by atoms with Crippen LogP contribution in [0.1, 0.15) is 155 Å². The van der Waals surface area contributed by atoms with E-state index >= 15 is 0 Å². The van der Waals surface area contributed by atoms with Crippen molar-refractivity contribution in [1.29, 1.82) is 0 Å². The van der Waals surface area contributed by atoms with Crippen LogP contribution in [0.3, 0.4) is 0 Å². The van der Waals surface area contributed by atoms with Crippen molar-refractivity contribution in [3.63, 3.8) is 0 Å². The van der Waals surface area contributed by atoms with Crippen LogP contribution < -0.4 is 0 Å². The number of halogens is 3. The Hall–Kier alpha value is -0.300. The van der Waals surface area contributed by atoms with Crippen molar-refractivity contribution in [2.45, 2.75) is 161 Å². The highest BCUT2D eigenvalue weighted by molar-refractivity contribution is 7.86. The first-order chi connectivity index (χ1) is 15.2. The number of hydrogen-bond donors (Lipinski definition) is 1. The summed E-state index contributed by atoms with van der Waals surface area (Å²) in [6, 6.07) is 0. The van der Waals surface area contributed by atoms with Gasteiger partial charge >= 0.3 is 15.6 Å². The molecule has 0 radical (unpaired) electrons. The molecule has 3 nitrogen and oxygen atoms in total. The van der Waals surface area contributed by atoms with Gasteiger partial charge in [0.2, 0.25) is 0 Å². The highest BCUT2D eigenvalue weighted by Gasteiger charge is 2.44. The van der Waals surface area contributed by atoms with E-state index in [-0.39, 0.29) is 0 Å². The summed E-state index contributed by atoms with van der Waals surface area (Å²) in [6.45, 7) is 4.60. The fraction of sp³-hybridized carbons (Fsp3) is 1.00. The van der Waals surface area contributed by atoms with Crippen LogP contribution in [0.5, 0.6) is 0 Å². The molecule has 0 aromatic rings. The quantitative estimate of drug-likeness (QED) is 0.0993. The summed E-state index contributed by atoms with van der Waals surface area (Å²) in [6.07, 6.45) is 32.4. The molecule has 0 fully saturated rings. The van der Waals surface area contributed by atoms with Gasteiger partial charge in [-0.3, -0.25) is 4.55 Å². The van der Waals surface area contributed by atoms with E-state index in [1.165, 1.54) is 141 Å². The second-order valence-electron chi connectivity index (χ2n) is 8.99. The first kappa shape index (κ1) is 33.9. The van der Waals surface area contributed by atoms with Crippen molar-refractivity contribution in [1.82, 2.24) is 0 Å². The van der Waals surface area contributed by atoms with Crippen LogP contribution in [-0.4, -0.2) is 18.5 Å². The average Bonchev–Trinajstić information content (AvgIpc) is 2.71. The van der Waals surface area contributed by atoms with Gasteiger partial charge in [-0.25, -0.2) is 0 Å². The van der Waals surface area contributed by atoms with Gasteiger partial charge < -0.3 is 0 Å². The van der Waals surface area contributed by atoms with Crippen molar-refractivity contribution in [2.75, 3.05) is 0 Å². The van der Waals surface area contributed by atoms with Crippen molar-refractivity contribution in [3.05, 3.63) is 0 Å². The molecule has 0 atom stereocenters. The minimum atomic E-state index is -5.84. The van der Waals surface area contributed by atoms with Crippen LogP contribution in [0.2, 0.25) is 0 Å². The van der Waals surface area contributed by atoms with Gasteiger partial charge in [0, 0.05) is 0 Å². The summed E-state index contributed by atoms with van der Waals surface area (Å²) in [5, 5.41) is 0. The molecule has 0 bridgehead atoms. The predicted molar refractivity (Wildman–Crippen MR) is 131 cm³/mol. The molecular formula is C25H51F3O3S. The molecule has 0 aromatic carbocycles. The summed E-state index contributed by atoms with van der Waals surface area (Å²) in [5.41, 5.74) is -5.53. The molecule has 0 saturated heterocycles. The van der Waals surface area contributed by atoms with E-state index in [0.717, 1.165) is 0 Å². The zero-order valence-electron chi connectivity index (χ0n) is 20.9. The van der Waals surface area contributed by atoms with Crippen LogP contribution in [0, 0.1) is 0 Å². The lowest BCUT2D eigenvalue weighted by Crippen LogP contribution is -2.21. The highest BCUT2D eigenvalue weighted by atomic mass is 32.2. The van der Waals surface area contributed by atoms with E-state index in [1.54, 1.807) is 0 Å². The summed E-state index contributed by atoms with van der Waals surface area (Å²) in [5.74, 6) is 0. The van der Waals surface area contributed by atoms with Crippen LogP contribution in [0.4, 0.5) is 13.2 Å². The topological polar surface area (TPSA) is 54.4 Å². The lowest BCUT2D eigenvalue weighted by molar-refractivity contribution is -0.0510. The molecule has 196 valence electrons. The van der Waals surface area contributed by atoms with Crippen molar-refractivity contribution >= 4 is 10.1 Å². The largest absolute Gasteiger partial charge is 0.522 e. The van der Waals surface area contributed by atoms with Gasteiger partial charge in [0.25, 0.3) is 0 Å².